The molecule has 5 heteroatoms. The van der Waals surface area contributed by atoms with Gasteiger partial charge in [0.15, 0.2) is 0 Å². The summed E-state index contributed by atoms with van der Waals surface area (Å²) in [4.78, 5) is 3.01. The van der Waals surface area contributed by atoms with Crippen LogP contribution in [0.4, 0.5) is 0 Å². The molecule has 0 saturated carbocycles. The first-order valence-corrected chi connectivity index (χ1v) is 4.72. The highest BCUT2D eigenvalue weighted by molar-refractivity contribution is 7.80. The van der Waals surface area contributed by atoms with Crippen molar-refractivity contribution in [1.82, 2.24) is 0 Å². The molecule has 0 aliphatic rings. The molecule has 1 rings (SSSR count). The molecule has 76 valence electrons. The second kappa shape index (κ2) is 5.80. The number of rotatable bonds is 4. The average molecular weight is 218 g/mol. The summed E-state index contributed by atoms with van der Waals surface area (Å²) in [6.07, 6.45) is 3.60. The Morgan fingerprint density at radius 3 is 2.93 bits per heavy atom. The van der Waals surface area contributed by atoms with E-state index in [0.29, 0.717) is 11.5 Å². The lowest BCUT2D eigenvalue weighted by atomic mass is 10.1. The van der Waals surface area contributed by atoms with Gasteiger partial charge in [-0.05, 0) is 11.1 Å². The molecule has 1 aromatic rings. The van der Waals surface area contributed by atoms with E-state index in [-0.39, 0.29) is 0 Å². The van der Waals surface area contributed by atoms with Crippen LogP contribution < -0.4 is 5.73 Å². The third-order valence-corrected chi connectivity index (χ3v) is 1.99. The number of nitrogens with zero attached hydrogens (tertiary/aromatic N) is 3. The van der Waals surface area contributed by atoms with E-state index in [9.17, 15) is 0 Å². The number of thiocarbonyl (C=S) groups is 1. The van der Waals surface area contributed by atoms with E-state index in [2.05, 4.69) is 10.0 Å². The van der Waals surface area contributed by atoms with E-state index in [0.717, 1.165) is 11.1 Å². The third-order valence-electron chi connectivity index (χ3n) is 1.77. The Morgan fingerprint density at radius 1 is 1.53 bits per heavy atom. The van der Waals surface area contributed by atoms with Crippen molar-refractivity contribution >= 4 is 23.3 Å². The largest absolute Gasteiger partial charge is 0.389 e. The summed E-state index contributed by atoms with van der Waals surface area (Å²) in [5.74, 6) is 0. The highest BCUT2D eigenvalue weighted by atomic mass is 32.1. The molecule has 0 unspecified atom stereocenters. The first-order valence-electron chi connectivity index (χ1n) is 4.32. The molecule has 15 heavy (non-hydrogen) atoms. The quantitative estimate of drug-likeness (QED) is 0.365. The normalized spacial score (nSPS) is 9.87. The fraction of sp³-hybridized carbons (Fsp3) is 0.100. The Morgan fingerprint density at radius 2 is 2.27 bits per heavy atom. The van der Waals surface area contributed by atoms with Crippen molar-refractivity contribution in [3.05, 3.63) is 51.9 Å². The van der Waals surface area contributed by atoms with E-state index in [1.54, 1.807) is 6.08 Å². The van der Waals surface area contributed by atoms with Gasteiger partial charge in [-0.3, -0.25) is 0 Å². The fourth-order valence-corrected chi connectivity index (χ4v) is 1.32. The molecule has 2 N–H and O–H groups in total. The molecule has 0 aliphatic carbocycles. The lowest BCUT2D eigenvalue weighted by Crippen LogP contribution is -2.10. The summed E-state index contributed by atoms with van der Waals surface area (Å²) < 4.78 is 0. The summed E-state index contributed by atoms with van der Waals surface area (Å²) in [6.45, 7) is 0.322. The van der Waals surface area contributed by atoms with Gasteiger partial charge in [0.2, 0.25) is 0 Å². The van der Waals surface area contributed by atoms with Crippen molar-refractivity contribution in [1.29, 1.82) is 0 Å². The van der Waals surface area contributed by atoms with Gasteiger partial charge in [-0.2, -0.15) is 0 Å². The maximum Gasteiger partial charge on any atom is 0.104 e. The molecule has 0 radical (unpaired) electrons. The summed E-state index contributed by atoms with van der Waals surface area (Å²) in [6, 6.07) is 7.53. The zero-order valence-corrected chi connectivity index (χ0v) is 8.81. The fourth-order valence-electron chi connectivity index (χ4n) is 1.13. The number of hydrogen-bond donors (Lipinski definition) is 1. The van der Waals surface area contributed by atoms with E-state index in [1.165, 1.54) is 0 Å². The standard InChI is InChI=1S/C10H10N4S/c11-10(15)9-6-2-1-4-8(9)5-3-7-13-14-12/h1-6H,7H2,(H2,11,15). The molecule has 0 aromatic heterocycles. The van der Waals surface area contributed by atoms with Crippen LogP contribution in [0.25, 0.3) is 16.5 Å². The van der Waals surface area contributed by atoms with E-state index in [1.807, 2.05) is 30.3 Å². The van der Waals surface area contributed by atoms with Gasteiger partial charge in [0.1, 0.15) is 4.99 Å². The first kappa shape index (κ1) is 11.2. The maximum atomic E-state index is 8.09. The molecular weight excluding hydrogens is 208 g/mol. The van der Waals surface area contributed by atoms with Crippen molar-refractivity contribution < 1.29 is 0 Å². The molecule has 0 saturated heterocycles. The van der Waals surface area contributed by atoms with Gasteiger partial charge in [-0.1, -0.05) is 53.7 Å². The molecule has 0 aliphatic heterocycles. The Kier molecular flexibility index (Phi) is 4.34. The van der Waals surface area contributed by atoms with Crippen molar-refractivity contribution in [2.24, 2.45) is 10.8 Å². The van der Waals surface area contributed by atoms with E-state index < -0.39 is 0 Å². The van der Waals surface area contributed by atoms with Crippen LogP contribution in [-0.2, 0) is 0 Å². The monoisotopic (exact) mass is 218 g/mol. The highest BCUT2D eigenvalue weighted by Crippen LogP contribution is 2.10. The van der Waals surface area contributed by atoms with Crippen LogP contribution in [-0.4, -0.2) is 11.5 Å². The Bertz CT molecular complexity index is 433. The van der Waals surface area contributed by atoms with Gasteiger partial charge in [0.25, 0.3) is 0 Å². The van der Waals surface area contributed by atoms with Crippen molar-refractivity contribution in [2.75, 3.05) is 6.54 Å². The minimum absolute atomic E-state index is 0.322. The van der Waals surface area contributed by atoms with Gasteiger partial charge in [-0.25, -0.2) is 0 Å². The zero-order valence-electron chi connectivity index (χ0n) is 8.00. The van der Waals surface area contributed by atoms with Gasteiger partial charge < -0.3 is 5.73 Å². The average Bonchev–Trinajstić information content (AvgIpc) is 2.25. The Hall–Kier alpha value is -1.84. The smallest absolute Gasteiger partial charge is 0.104 e. The number of hydrogen-bond acceptors (Lipinski definition) is 2. The molecule has 0 amide bonds. The van der Waals surface area contributed by atoms with Crippen LogP contribution in [0.5, 0.6) is 0 Å². The summed E-state index contributed by atoms with van der Waals surface area (Å²) in [7, 11) is 0. The zero-order chi connectivity index (χ0) is 11.1. The van der Waals surface area contributed by atoms with Crippen LogP contribution in [0.1, 0.15) is 11.1 Å². The lowest BCUT2D eigenvalue weighted by Gasteiger charge is -2.02. The van der Waals surface area contributed by atoms with Crippen molar-refractivity contribution in [3.8, 4) is 0 Å². The second-order valence-corrected chi connectivity index (χ2v) is 3.21. The third kappa shape index (κ3) is 3.42. The predicted molar refractivity (Wildman–Crippen MR) is 65.4 cm³/mol. The second-order valence-electron chi connectivity index (χ2n) is 2.77. The van der Waals surface area contributed by atoms with Gasteiger partial charge in [-0.15, -0.1) is 0 Å². The number of nitrogens with two attached hydrogens (primary N) is 1. The van der Waals surface area contributed by atoms with Crippen LogP contribution in [0.15, 0.2) is 35.5 Å². The molecular formula is C10H10N4S. The Balaban J connectivity index is 2.88. The molecule has 0 heterocycles. The van der Waals surface area contributed by atoms with Gasteiger partial charge in [0.05, 0.1) is 0 Å². The highest BCUT2D eigenvalue weighted by Gasteiger charge is 1.99. The SMILES string of the molecule is [N-]=[N+]=NCC=Cc1ccccc1C(N)=S. The number of azide groups is 1. The first-order chi connectivity index (χ1) is 7.25. The topological polar surface area (TPSA) is 74.8 Å². The Labute approximate surface area is 93.0 Å². The van der Waals surface area contributed by atoms with Crippen LogP contribution >= 0.6 is 12.2 Å². The summed E-state index contributed by atoms with van der Waals surface area (Å²) in [5, 5.41) is 3.39. The predicted octanol–water partition coefficient (Wildman–Crippen LogP) is 2.64. The molecule has 1 aromatic carbocycles. The van der Waals surface area contributed by atoms with Crippen molar-refractivity contribution in [2.45, 2.75) is 0 Å². The van der Waals surface area contributed by atoms with Crippen LogP contribution in [0.2, 0.25) is 0 Å². The lowest BCUT2D eigenvalue weighted by molar-refractivity contribution is 1.22. The van der Waals surface area contributed by atoms with Crippen LogP contribution in [0.3, 0.4) is 0 Å². The van der Waals surface area contributed by atoms with Gasteiger partial charge >= 0.3 is 0 Å². The van der Waals surface area contributed by atoms with Gasteiger partial charge in [0, 0.05) is 17.0 Å². The summed E-state index contributed by atoms with van der Waals surface area (Å²) in [5.41, 5.74) is 15.4. The molecule has 0 spiro atoms. The minimum atomic E-state index is 0.322. The molecule has 0 bridgehead atoms. The molecule has 0 fully saturated rings. The summed E-state index contributed by atoms with van der Waals surface area (Å²) >= 11 is 4.91. The van der Waals surface area contributed by atoms with E-state index >= 15 is 0 Å². The number of benzene rings is 1. The molecule has 4 nitrogen and oxygen atoms in total. The van der Waals surface area contributed by atoms with E-state index in [4.69, 9.17) is 23.5 Å². The minimum Gasteiger partial charge on any atom is -0.389 e. The molecule has 0 atom stereocenters. The van der Waals surface area contributed by atoms with Crippen LogP contribution in [0, 0.1) is 0 Å². The maximum absolute atomic E-state index is 8.09. The van der Waals surface area contributed by atoms with Crippen molar-refractivity contribution in [3.63, 3.8) is 0 Å².